The summed E-state index contributed by atoms with van der Waals surface area (Å²) >= 11 is 0. The molecule has 3 heterocycles. The topological polar surface area (TPSA) is 173 Å². The van der Waals surface area contributed by atoms with Crippen LogP contribution in [0, 0.1) is 53.7 Å². The van der Waals surface area contributed by atoms with Gasteiger partial charge in [-0.3, -0.25) is 0 Å². The highest BCUT2D eigenvalue weighted by Gasteiger charge is 2.30. The lowest BCUT2D eigenvalue weighted by atomic mass is 10.1. The molecule has 48 heavy (non-hydrogen) atoms. The molecule has 0 spiro atoms. The van der Waals surface area contributed by atoms with Gasteiger partial charge in [0, 0.05) is 16.7 Å². The minimum atomic E-state index is -4.60. The highest BCUT2D eigenvalue weighted by Crippen LogP contribution is 2.32. The first-order valence-corrected chi connectivity index (χ1v) is 13.1. The maximum Gasteiger partial charge on any atom is 0.416 e. The van der Waals surface area contributed by atoms with Crippen molar-refractivity contribution in [3.8, 4) is 52.4 Å². The second-order valence-electron chi connectivity index (χ2n) is 9.53. The Morgan fingerprint density at radius 2 is 1.17 bits per heavy atom. The van der Waals surface area contributed by atoms with Crippen molar-refractivity contribution in [3.05, 3.63) is 138 Å². The number of halogens is 3. The van der Waals surface area contributed by atoms with Gasteiger partial charge < -0.3 is 0 Å². The van der Waals surface area contributed by atoms with Crippen LogP contribution in [-0.2, 0) is 6.18 Å². The summed E-state index contributed by atoms with van der Waals surface area (Å²) in [6, 6.07) is 15.3. The Morgan fingerprint density at radius 1 is 0.646 bits per heavy atom. The van der Waals surface area contributed by atoms with Gasteiger partial charge in [-0.1, -0.05) is 18.2 Å². The van der Waals surface area contributed by atoms with Gasteiger partial charge in [-0.2, -0.15) is 18.4 Å². The molecule has 0 unspecified atom stereocenters. The molecule has 0 amide bonds. The fourth-order valence-electron chi connectivity index (χ4n) is 4.65. The first-order chi connectivity index (χ1) is 23.1. The summed E-state index contributed by atoms with van der Waals surface area (Å²) in [7, 11) is 0. The maximum atomic E-state index is 13.3. The third-order valence-electron chi connectivity index (χ3n) is 6.84. The minimum Gasteiger partial charge on any atom is -0.250 e. The predicted octanol–water partition coefficient (Wildman–Crippen LogP) is 4.04. The first kappa shape index (κ1) is 30.1. The molecular weight excluding hydrogens is 623 g/mol. The number of benzene rings is 3. The van der Waals surface area contributed by atoms with Crippen LogP contribution in [-0.4, -0.2) is 15.0 Å². The molecule has 0 atom stereocenters. The summed E-state index contributed by atoms with van der Waals surface area (Å²) in [6.45, 7) is 22.3. The molecular formula is C32H8F3N13. The van der Waals surface area contributed by atoms with Crippen molar-refractivity contribution < 1.29 is 13.2 Å². The minimum absolute atomic E-state index is 0.0478. The van der Waals surface area contributed by atoms with Crippen LogP contribution in [0.5, 0.6) is 0 Å². The number of hydrogen-bond donors (Lipinski definition) is 0. The van der Waals surface area contributed by atoms with Crippen LogP contribution < -0.4 is 21.4 Å². The van der Waals surface area contributed by atoms with Crippen molar-refractivity contribution >= 4 is 5.69 Å². The summed E-state index contributed by atoms with van der Waals surface area (Å²) in [6.07, 6.45) is -4.60. The number of fused-ring (bicyclic) bond motifs is 2. The number of aromatic nitrogens is 3. The van der Waals surface area contributed by atoms with Crippen LogP contribution in [0.3, 0.4) is 0 Å². The summed E-state index contributed by atoms with van der Waals surface area (Å²) in [4.78, 5) is 40.0. The third-order valence-corrected chi connectivity index (χ3v) is 6.84. The molecule has 2 aliphatic heterocycles. The summed E-state index contributed by atoms with van der Waals surface area (Å²) in [5, 5.41) is 29.2. The summed E-state index contributed by atoms with van der Waals surface area (Å²) < 4.78 is 39.9. The Morgan fingerprint density at radius 3 is 1.69 bits per heavy atom. The fraction of sp³-hybridized carbons (Fsp3) is 0.0312. The molecule has 0 fully saturated rings. The Hall–Kier alpha value is -7.92. The molecule has 0 bridgehead atoms. The van der Waals surface area contributed by atoms with E-state index in [1.807, 2.05) is 6.07 Å². The average Bonchev–Trinajstić information content (AvgIpc) is 3.73. The highest BCUT2D eigenvalue weighted by atomic mass is 19.4. The van der Waals surface area contributed by atoms with E-state index in [0.29, 0.717) is 0 Å². The lowest BCUT2D eigenvalue weighted by molar-refractivity contribution is -0.137. The second-order valence-corrected chi connectivity index (χ2v) is 9.53. The van der Waals surface area contributed by atoms with Crippen LogP contribution >= 0.6 is 0 Å². The van der Waals surface area contributed by atoms with Crippen molar-refractivity contribution in [3.63, 3.8) is 0 Å². The van der Waals surface area contributed by atoms with E-state index < -0.39 is 11.7 Å². The molecule has 3 aromatic carbocycles. The molecule has 0 radical (unpaired) electrons. The van der Waals surface area contributed by atoms with Crippen molar-refractivity contribution in [2.45, 2.75) is 6.18 Å². The lowest BCUT2D eigenvalue weighted by Crippen LogP contribution is -2.26. The second kappa shape index (κ2) is 11.5. The van der Waals surface area contributed by atoms with E-state index in [1.165, 1.54) is 24.3 Å². The van der Waals surface area contributed by atoms with E-state index in [9.17, 15) is 29.0 Å². The van der Waals surface area contributed by atoms with E-state index in [1.54, 1.807) is 12.1 Å². The monoisotopic (exact) mass is 631 g/mol. The summed E-state index contributed by atoms with van der Waals surface area (Å²) in [5.41, 5.74) is -1.47. The number of rotatable bonds is 3. The normalized spacial score (nSPS) is 14.4. The molecule has 6 rings (SSSR count). The number of allylic oxidation sites excluding steroid dienone is 2. The van der Waals surface area contributed by atoms with Crippen LogP contribution in [0.15, 0.2) is 91.5 Å². The Kier molecular flexibility index (Phi) is 7.24. The van der Waals surface area contributed by atoms with Gasteiger partial charge in [0.05, 0.1) is 59.1 Å². The molecule has 0 saturated carbocycles. The van der Waals surface area contributed by atoms with Crippen molar-refractivity contribution in [2.75, 3.05) is 0 Å². The largest absolute Gasteiger partial charge is 0.416 e. The molecule has 13 nitrogen and oxygen atoms in total. The lowest BCUT2D eigenvalue weighted by Gasteiger charge is -2.11. The molecule has 222 valence electrons. The third kappa shape index (κ3) is 5.02. The zero-order valence-corrected chi connectivity index (χ0v) is 23.6. The van der Waals surface area contributed by atoms with Crippen molar-refractivity contribution in [2.24, 2.45) is 20.0 Å². The van der Waals surface area contributed by atoms with Gasteiger partial charge in [-0.05, 0) is 30.3 Å². The molecule has 4 aromatic rings. The zero-order valence-electron chi connectivity index (χ0n) is 23.6. The Balaban J connectivity index is 1.64. The number of nitrogens with zero attached hydrogens (tertiary/aromatic N) is 13. The highest BCUT2D eigenvalue weighted by molar-refractivity contribution is 5.77. The van der Waals surface area contributed by atoms with Gasteiger partial charge >= 0.3 is 17.6 Å². The van der Waals surface area contributed by atoms with Gasteiger partial charge in [0.15, 0.2) is 29.1 Å². The number of alkyl halides is 3. The molecule has 0 N–H and O–H groups in total. The molecule has 0 saturated heterocycles. The van der Waals surface area contributed by atoms with Crippen LogP contribution in [0.4, 0.5) is 18.9 Å². The zero-order chi connectivity index (χ0) is 34.2. The van der Waals surface area contributed by atoms with E-state index in [2.05, 4.69) is 49.5 Å². The van der Waals surface area contributed by atoms with E-state index in [4.69, 9.17) is 19.7 Å². The molecule has 1 aromatic heterocycles. The Bertz CT molecular complexity index is 2530. The van der Waals surface area contributed by atoms with E-state index in [0.717, 1.165) is 24.3 Å². The van der Waals surface area contributed by atoms with Gasteiger partial charge in [0.25, 0.3) is 0 Å². The Labute approximate surface area is 266 Å². The van der Waals surface area contributed by atoms with E-state index in [-0.39, 0.29) is 89.9 Å². The molecule has 2 aliphatic rings. The fourth-order valence-corrected chi connectivity index (χ4v) is 4.65. The predicted molar refractivity (Wildman–Crippen MR) is 155 cm³/mol. The van der Waals surface area contributed by atoms with Crippen LogP contribution in [0.1, 0.15) is 11.1 Å². The number of nitriles is 3. The maximum absolute atomic E-state index is 13.3. The SMILES string of the molecule is [C-]#[N+]/C(C#N)=C1/N=c2ccc(-c3nc(-c4ccc(C(F)(F)F)cc4)nc(-c4ccc5c(c4C#N)=N/C(=C(\C#N)[N+]#[C-])N=5)n3)c([N+]#[C-])c2=N1. The number of hydrogen-bond acceptors (Lipinski definition) is 10. The van der Waals surface area contributed by atoms with Gasteiger partial charge in [-0.15, -0.1) is 0 Å². The quantitative estimate of drug-likeness (QED) is 0.244. The van der Waals surface area contributed by atoms with Gasteiger partial charge in [0.1, 0.15) is 11.4 Å². The standard InChI is InChI=1S/C32H8F3N13/c1-39-22(13-37)30-42-20-10-8-17(19(12-36)24(20)44-30)28-46-27(15-4-6-16(7-5-15)32(33,34)35)47-29(48-28)18-9-11-21-26(25(18)41-3)45-31(43-21)23(14-38)40-2/h4-11H/b30-22+,31-23-. The average molecular weight is 632 g/mol. The summed E-state index contributed by atoms with van der Waals surface area (Å²) in [5.74, 6) is -0.700. The molecule has 16 heteroatoms. The smallest absolute Gasteiger partial charge is 0.250 e. The van der Waals surface area contributed by atoms with E-state index >= 15 is 0 Å². The van der Waals surface area contributed by atoms with Gasteiger partial charge in [0.2, 0.25) is 5.69 Å². The van der Waals surface area contributed by atoms with Crippen molar-refractivity contribution in [1.29, 1.82) is 15.8 Å². The van der Waals surface area contributed by atoms with Gasteiger partial charge in [-0.25, -0.2) is 60.0 Å². The van der Waals surface area contributed by atoms with Crippen molar-refractivity contribution in [1.82, 2.24) is 15.0 Å². The van der Waals surface area contributed by atoms with Crippen LogP contribution in [0.25, 0.3) is 48.7 Å². The van der Waals surface area contributed by atoms with Crippen LogP contribution in [0.2, 0.25) is 0 Å². The first-order valence-electron chi connectivity index (χ1n) is 13.1. The molecule has 0 aliphatic carbocycles.